The van der Waals surface area contributed by atoms with Crippen LogP contribution in [0, 0.1) is 12.8 Å². The Balaban J connectivity index is 1.97. The van der Waals surface area contributed by atoms with Gasteiger partial charge in [0.15, 0.2) is 5.78 Å². The lowest BCUT2D eigenvalue weighted by molar-refractivity contribution is 0.0958. The number of aromatic nitrogens is 1. The van der Waals surface area contributed by atoms with Crippen LogP contribution in [-0.4, -0.2) is 22.3 Å². The molecule has 0 spiro atoms. The third-order valence-corrected chi connectivity index (χ3v) is 4.06. The van der Waals surface area contributed by atoms with Crippen LogP contribution in [0.25, 0.3) is 0 Å². The standard InChI is InChI=1S/C13H17NOS/c1-10-6-12(9-14-8-10)13(15)7-11-2-4-16-5-3-11/h6,8-9,11H,2-5,7H2,1H3. The van der Waals surface area contributed by atoms with Crippen molar-refractivity contribution in [3.63, 3.8) is 0 Å². The quantitative estimate of drug-likeness (QED) is 0.754. The minimum atomic E-state index is 0.258. The predicted octanol–water partition coefficient (Wildman–Crippen LogP) is 3.11. The number of Topliss-reactive ketones (excluding diaryl/α,β-unsaturated/α-hetero) is 1. The summed E-state index contributed by atoms with van der Waals surface area (Å²) in [5.41, 5.74) is 1.84. The molecule has 86 valence electrons. The van der Waals surface area contributed by atoms with Crippen LogP contribution < -0.4 is 0 Å². The molecule has 0 saturated carbocycles. The molecule has 1 saturated heterocycles. The van der Waals surface area contributed by atoms with Crippen LogP contribution in [-0.2, 0) is 0 Å². The molecule has 2 nitrogen and oxygen atoms in total. The zero-order chi connectivity index (χ0) is 11.4. The Morgan fingerprint density at radius 1 is 1.44 bits per heavy atom. The minimum Gasteiger partial charge on any atom is -0.294 e. The summed E-state index contributed by atoms with van der Waals surface area (Å²) in [6.07, 6.45) is 6.55. The van der Waals surface area contributed by atoms with Crippen LogP contribution in [0.5, 0.6) is 0 Å². The van der Waals surface area contributed by atoms with Gasteiger partial charge in [0, 0.05) is 24.4 Å². The van der Waals surface area contributed by atoms with E-state index < -0.39 is 0 Å². The molecule has 16 heavy (non-hydrogen) atoms. The summed E-state index contributed by atoms with van der Waals surface area (Å²) < 4.78 is 0. The SMILES string of the molecule is Cc1cncc(C(=O)CC2CCSCC2)c1. The summed E-state index contributed by atoms with van der Waals surface area (Å²) in [5.74, 6) is 3.27. The van der Waals surface area contributed by atoms with Gasteiger partial charge in [-0.3, -0.25) is 9.78 Å². The van der Waals surface area contributed by atoms with E-state index >= 15 is 0 Å². The highest BCUT2D eigenvalue weighted by atomic mass is 32.2. The average molecular weight is 235 g/mol. The molecule has 3 heteroatoms. The summed E-state index contributed by atoms with van der Waals surface area (Å²) in [6.45, 7) is 1.97. The Bertz CT molecular complexity index is 372. The van der Waals surface area contributed by atoms with Crippen molar-refractivity contribution in [3.8, 4) is 0 Å². The lowest BCUT2D eigenvalue weighted by Gasteiger charge is -2.20. The molecule has 1 fully saturated rings. The van der Waals surface area contributed by atoms with E-state index in [0.717, 1.165) is 11.1 Å². The number of carbonyl (C=O) groups excluding carboxylic acids is 1. The number of nitrogens with zero attached hydrogens (tertiary/aromatic N) is 1. The first-order valence-corrected chi connectivity index (χ1v) is 6.94. The molecule has 0 unspecified atom stereocenters. The number of pyridine rings is 1. The normalized spacial score (nSPS) is 17.3. The first-order chi connectivity index (χ1) is 7.75. The van der Waals surface area contributed by atoms with E-state index in [9.17, 15) is 4.79 Å². The van der Waals surface area contributed by atoms with Crippen molar-refractivity contribution in [2.24, 2.45) is 5.92 Å². The average Bonchev–Trinajstić information content (AvgIpc) is 2.30. The molecule has 0 amide bonds. The van der Waals surface area contributed by atoms with Crippen molar-refractivity contribution in [1.82, 2.24) is 4.98 Å². The van der Waals surface area contributed by atoms with Crippen molar-refractivity contribution in [3.05, 3.63) is 29.6 Å². The van der Waals surface area contributed by atoms with Crippen LogP contribution in [0.3, 0.4) is 0 Å². The van der Waals surface area contributed by atoms with Crippen LogP contribution in [0.4, 0.5) is 0 Å². The van der Waals surface area contributed by atoms with Gasteiger partial charge in [0.05, 0.1) is 0 Å². The van der Waals surface area contributed by atoms with Gasteiger partial charge in [-0.2, -0.15) is 11.8 Å². The summed E-state index contributed by atoms with van der Waals surface area (Å²) in [4.78, 5) is 16.1. The van der Waals surface area contributed by atoms with E-state index in [1.54, 1.807) is 12.4 Å². The van der Waals surface area contributed by atoms with Crippen molar-refractivity contribution in [1.29, 1.82) is 0 Å². The van der Waals surface area contributed by atoms with E-state index in [-0.39, 0.29) is 5.78 Å². The largest absolute Gasteiger partial charge is 0.294 e. The molecule has 0 bridgehead atoms. The van der Waals surface area contributed by atoms with E-state index in [4.69, 9.17) is 0 Å². The Morgan fingerprint density at radius 2 is 2.19 bits per heavy atom. The third-order valence-electron chi connectivity index (χ3n) is 3.01. The Labute approximate surface area is 101 Å². The molecular formula is C13H17NOS. The molecule has 2 heterocycles. The molecule has 0 radical (unpaired) electrons. The molecule has 0 aromatic carbocycles. The van der Waals surface area contributed by atoms with E-state index in [1.807, 2.05) is 24.8 Å². The topological polar surface area (TPSA) is 30.0 Å². The highest BCUT2D eigenvalue weighted by molar-refractivity contribution is 7.99. The van der Waals surface area contributed by atoms with Crippen molar-refractivity contribution < 1.29 is 4.79 Å². The number of thioether (sulfide) groups is 1. The van der Waals surface area contributed by atoms with Crippen LogP contribution in [0.1, 0.15) is 35.2 Å². The lowest BCUT2D eigenvalue weighted by Crippen LogP contribution is -2.14. The highest BCUT2D eigenvalue weighted by Gasteiger charge is 2.18. The molecule has 1 aliphatic rings. The zero-order valence-corrected chi connectivity index (χ0v) is 10.4. The van der Waals surface area contributed by atoms with Crippen LogP contribution in [0.15, 0.2) is 18.5 Å². The van der Waals surface area contributed by atoms with Crippen molar-refractivity contribution >= 4 is 17.5 Å². The molecule has 0 aliphatic carbocycles. The fourth-order valence-electron chi connectivity index (χ4n) is 2.04. The van der Waals surface area contributed by atoms with Crippen LogP contribution in [0.2, 0.25) is 0 Å². The van der Waals surface area contributed by atoms with Gasteiger partial charge in [0.2, 0.25) is 0 Å². The molecular weight excluding hydrogens is 218 g/mol. The molecule has 2 rings (SSSR count). The third kappa shape index (κ3) is 3.08. The van der Waals surface area contributed by atoms with Gasteiger partial charge in [-0.05, 0) is 48.8 Å². The van der Waals surface area contributed by atoms with Gasteiger partial charge in [0.1, 0.15) is 0 Å². The first-order valence-electron chi connectivity index (χ1n) is 5.78. The van der Waals surface area contributed by atoms with Gasteiger partial charge < -0.3 is 0 Å². The summed E-state index contributed by atoms with van der Waals surface area (Å²) >= 11 is 2.00. The van der Waals surface area contributed by atoms with Crippen molar-refractivity contribution in [2.45, 2.75) is 26.2 Å². The fourth-order valence-corrected chi connectivity index (χ4v) is 3.24. The monoisotopic (exact) mass is 235 g/mol. The number of carbonyl (C=O) groups is 1. The van der Waals surface area contributed by atoms with E-state index in [0.29, 0.717) is 12.3 Å². The number of aryl methyl sites for hydroxylation is 1. The van der Waals surface area contributed by atoms with Crippen LogP contribution >= 0.6 is 11.8 Å². The van der Waals surface area contributed by atoms with Gasteiger partial charge >= 0.3 is 0 Å². The Kier molecular flexibility index (Phi) is 3.99. The molecule has 1 aliphatic heterocycles. The number of ketones is 1. The fraction of sp³-hybridized carbons (Fsp3) is 0.538. The predicted molar refractivity (Wildman–Crippen MR) is 68.0 cm³/mol. The maximum absolute atomic E-state index is 12.0. The second-order valence-electron chi connectivity index (χ2n) is 4.43. The molecule has 1 aromatic rings. The maximum atomic E-state index is 12.0. The summed E-state index contributed by atoms with van der Waals surface area (Å²) in [6, 6.07) is 1.94. The van der Waals surface area contributed by atoms with E-state index in [2.05, 4.69) is 4.98 Å². The number of hydrogen-bond donors (Lipinski definition) is 0. The Hall–Kier alpha value is -0.830. The maximum Gasteiger partial charge on any atom is 0.164 e. The number of rotatable bonds is 3. The highest BCUT2D eigenvalue weighted by Crippen LogP contribution is 2.26. The second kappa shape index (κ2) is 5.48. The molecule has 1 aromatic heterocycles. The Morgan fingerprint density at radius 3 is 2.88 bits per heavy atom. The molecule has 0 N–H and O–H groups in total. The lowest BCUT2D eigenvalue weighted by atomic mass is 9.94. The first kappa shape index (κ1) is 11.6. The molecule has 0 atom stereocenters. The van der Waals surface area contributed by atoms with Gasteiger partial charge in [-0.25, -0.2) is 0 Å². The summed E-state index contributed by atoms with van der Waals surface area (Å²) in [5, 5.41) is 0. The zero-order valence-electron chi connectivity index (χ0n) is 9.61. The van der Waals surface area contributed by atoms with Crippen molar-refractivity contribution in [2.75, 3.05) is 11.5 Å². The van der Waals surface area contributed by atoms with E-state index in [1.165, 1.54) is 24.3 Å². The van der Waals surface area contributed by atoms with Gasteiger partial charge in [0.25, 0.3) is 0 Å². The van der Waals surface area contributed by atoms with Gasteiger partial charge in [-0.1, -0.05) is 0 Å². The second-order valence-corrected chi connectivity index (χ2v) is 5.66. The summed E-state index contributed by atoms with van der Waals surface area (Å²) in [7, 11) is 0. The smallest absolute Gasteiger partial charge is 0.164 e. The van der Waals surface area contributed by atoms with Gasteiger partial charge in [-0.15, -0.1) is 0 Å². The minimum absolute atomic E-state index is 0.258. The number of hydrogen-bond acceptors (Lipinski definition) is 3.